The summed E-state index contributed by atoms with van der Waals surface area (Å²) in [4.78, 5) is 22.3. The van der Waals surface area contributed by atoms with Gasteiger partial charge in [-0.3, -0.25) is 9.59 Å². The van der Waals surface area contributed by atoms with Crippen LogP contribution in [-0.2, 0) is 14.3 Å². The van der Waals surface area contributed by atoms with Crippen LogP contribution in [0.15, 0.2) is 0 Å². The summed E-state index contributed by atoms with van der Waals surface area (Å²) in [5.41, 5.74) is 0. The third kappa shape index (κ3) is 1.48. The van der Waals surface area contributed by atoms with Gasteiger partial charge in [0, 0.05) is 19.4 Å². The highest BCUT2D eigenvalue weighted by Gasteiger charge is 2.34. The summed E-state index contributed by atoms with van der Waals surface area (Å²) in [6.45, 7) is 1.83. The number of methoxy groups -OCH3 is 1. The van der Waals surface area contributed by atoms with Crippen LogP contribution >= 0.6 is 0 Å². The van der Waals surface area contributed by atoms with E-state index in [1.54, 1.807) is 0 Å². The lowest BCUT2D eigenvalue weighted by Gasteiger charge is -2.22. The van der Waals surface area contributed by atoms with Crippen molar-refractivity contribution in [2.24, 2.45) is 5.92 Å². The van der Waals surface area contributed by atoms with Crippen molar-refractivity contribution in [1.29, 1.82) is 0 Å². The fourth-order valence-corrected chi connectivity index (χ4v) is 1.30. The first-order valence-corrected chi connectivity index (χ1v) is 3.76. The molecule has 0 heterocycles. The normalized spacial score (nSPS) is 32.5. The van der Waals surface area contributed by atoms with Crippen LogP contribution in [0.4, 0.5) is 0 Å². The summed E-state index contributed by atoms with van der Waals surface area (Å²) in [6.07, 6.45) is 0.377. The van der Waals surface area contributed by atoms with Gasteiger partial charge in [-0.1, -0.05) is 6.92 Å². The van der Waals surface area contributed by atoms with Crippen LogP contribution < -0.4 is 0 Å². The highest BCUT2D eigenvalue weighted by Crippen LogP contribution is 2.19. The van der Waals surface area contributed by atoms with Gasteiger partial charge < -0.3 is 4.74 Å². The van der Waals surface area contributed by atoms with Gasteiger partial charge in [0.15, 0.2) is 17.7 Å². The first-order valence-electron chi connectivity index (χ1n) is 3.76. The number of hydrogen-bond acceptors (Lipinski definition) is 3. The summed E-state index contributed by atoms with van der Waals surface area (Å²) in [5.74, 6) is -0.156. The Bertz CT molecular complexity index is 186. The van der Waals surface area contributed by atoms with Crippen molar-refractivity contribution < 1.29 is 14.3 Å². The fourth-order valence-electron chi connectivity index (χ4n) is 1.30. The molecule has 0 bridgehead atoms. The number of carbonyl (C=O) groups is 2. The summed E-state index contributed by atoms with van der Waals surface area (Å²) >= 11 is 0. The minimum Gasteiger partial charge on any atom is -0.366 e. The first-order chi connectivity index (χ1) is 5.16. The maximum absolute atomic E-state index is 11.2. The average molecular weight is 156 g/mol. The molecule has 0 aromatic heterocycles. The van der Waals surface area contributed by atoms with E-state index in [-0.39, 0.29) is 17.5 Å². The molecule has 1 rings (SSSR count). The van der Waals surface area contributed by atoms with E-state index in [4.69, 9.17) is 4.74 Å². The van der Waals surface area contributed by atoms with E-state index < -0.39 is 6.10 Å². The van der Waals surface area contributed by atoms with Crippen LogP contribution in [0.1, 0.15) is 19.8 Å². The largest absolute Gasteiger partial charge is 0.366 e. The van der Waals surface area contributed by atoms with Crippen molar-refractivity contribution in [2.75, 3.05) is 7.11 Å². The Morgan fingerprint density at radius 3 is 2.55 bits per heavy atom. The predicted molar refractivity (Wildman–Crippen MR) is 39.2 cm³/mol. The van der Waals surface area contributed by atoms with Crippen LogP contribution in [0.5, 0.6) is 0 Å². The zero-order valence-corrected chi connectivity index (χ0v) is 6.79. The molecule has 1 aliphatic carbocycles. The molecule has 0 aliphatic heterocycles. The number of rotatable bonds is 1. The van der Waals surface area contributed by atoms with Crippen molar-refractivity contribution in [2.45, 2.75) is 25.9 Å². The molecule has 3 heteroatoms. The topological polar surface area (TPSA) is 43.4 Å². The zero-order chi connectivity index (χ0) is 8.43. The van der Waals surface area contributed by atoms with Crippen LogP contribution in [0.3, 0.4) is 0 Å². The van der Waals surface area contributed by atoms with Gasteiger partial charge in [-0.05, 0) is 6.42 Å². The lowest BCUT2D eigenvalue weighted by Crippen LogP contribution is -2.40. The molecule has 1 aliphatic rings. The van der Waals surface area contributed by atoms with Crippen LogP contribution in [-0.4, -0.2) is 24.8 Å². The molecule has 2 unspecified atom stereocenters. The number of Topliss-reactive ketones (excluding diaryl/α,β-unsaturated/α-hetero) is 2. The van der Waals surface area contributed by atoms with Gasteiger partial charge in [-0.15, -0.1) is 0 Å². The molecule has 0 radical (unpaired) electrons. The quantitative estimate of drug-likeness (QED) is 0.521. The Morgan fingerprint density at radius 1 is 1.45 bits per heavy atom. The maximum atomic E-state index is 11.2. The molecule has 0 spiro atoms. The van der Waals surface area contributed by atoms with Gasteiger partial charge in [-0.2, -0.15) is 0 Å². The van der Waals surface area contributed by atoms with Crippen molar-refractivity contribution in [3.05, 3.63) is 0 Å². The van der Waals surface area contributed by atoms with Gasteiger partial charge >= 0.3 is 0 Å². The lowest BCUT2D eigenvalue weighted by atomic mass is 9.86. The minimum absolute atomic E-state index is 0.0161. The van der Waals surface area contributed by atoms with Crippen LogP contribution in [0.2, 0.25) is 0 Å². The van der Waals surface area contributed by atoms with Gasteiger partial charge in [0.25, 0.3) is 0 Å². The summed E-state index contributed by atoms with van der Waals surface area (Å²) in [6, 6.07) is 0. The second-order valence-corrected chi connectivity index (χ2v) is 2.92. The molecule has 0 aromatic carbocycles. The molecule has 3 nitrogen and oxygen atoms in total. The molecule has 0 aromatic rings. The van der Waals surface area contributed by atoms with Gasteiger partial charge in [0.1, 0.15) is 0 Å². The van der Waals surface area contributed by atoms with E-state index in [9.17, 15) is 9.59 Å². The average Bonchev–Trinajstić information content (AvgIpc) is 1.99. The Balaban J connectivity index is 2.71. The highest BCUT2D eigenvalue weighted by atomic mass is 16.5. The van der Waals surface area contributed by atoms with E-state index in [0.29, 0.717) is 12.8 Å². The van der Waals surface area contributed by atoms with Crippen molar-refractivity contribution >= 4 is 11.6 Å². The molecule has 62 valence electrons. The van der Waals surface area contributed by atoms with Crippen molar-refractivity contribution in [1.82, 2.24) is 0 Å². The third-order valence-corrected chi connectivity index (χ3v) is 2.10. The highest BCUT2D eigenvalue weighted by molar-refractivity contribution is 6.08. The van der Waals surface area contributed by atoms with E-state index in [1.807, 2.05) is 6.92 Å². The van der Waals surface area contributed by atoms with Gasteiger partial charge in [0.05, 0.1) is 0 Å². The fraction of sp³-hybridized carbons (Fsp3) is 0.750. The van der Waals surface area contributed by atoms with Crippen LogP contribution in [0.25, 0.3) is 0 Å². The number of ether oxygens (including phenoxy) is 1. The van der Waals surface area contributed by atoms with E-state index in [2.05, 4.69) is 0 Å². The molecular formula is C8H12O3. The second-order valence-electron chi connectivity index (χ2n) is 2.92. The minimum atomic E-state index is -0.779. The second kappa shape index (κ2) is 3.13. The number of ketones is 2. The molecule has 2 atom stereocenters. The predicted octanol–water partition coefficient (Wildman–Crippen LogP) is 0.570. The van der Waals surface area contributed by atoms with E-state index in [1.165, 1.54) is 7.11 Å². The monoisotopic (exact) mass is 156 g/mol. The molecule has 1 fully saturated rings. The summed E-state index contributed by atoms with van der Waals surface area (Å²) in [7, 11) is 1.40. The Morgan fingerprint density at radius 2 is 2.09 bits per heavy atom. The van der Waals surface area contributed by atoms with Gasteiger partial charge in [0.2, 0.25) is 0 Å². The number of hydrogen-bond donors (Lipinski definition) is 0. The molecule has 0 saturated heterocycles. The smallest absolute Gasteiger partial charge is 0.173 e. The standard InChI is InChI=1S/C8H12O3/c1-5-3-4-6(9)8(11-2)7(5)10/h5,8H,3-4H2,1-2H3. The number of carbonyl (C=O) groups excluding carboxylic acids is 2. The van der Waals surface area contributed by atoms with E-state index >= 15 is 0 Å². The summed E-state index contributed by atoms with van der Waals surface area (Å²) < 4.78 is 4.79. The summed E-state index contributed by atoms with van der Waals surface area (Å²) in [5, 5.41) is 0. The third-order valence-electron chi connectivity index (χ3n) is 2.10. The Labute approximate surface area is 65.7 Å². The molecule has 1 saturated carbocycles. The molecule has 0 amide bonds. The van der Waals surface area contributed by atoms with E-state index in [0.717, 1.165) is 0 Å². The zero-order valence-electron chi connectivity index (χ0n) is 6.79. The van der Waals surface area contributed by atoms with Crippen LogP contribution in [0, 0.1) is 5.92 Å². The van der Waals surface area contributed by atoms with Gasteiger partial charge in [-0.25, -0.2) is 0 Å². The Hall–Kier alpha value is -0.700. The molecular weight excluding hydrogens is 144 g/mol. The Kier molecular flexibility index (Phi) is 2.39. The molecule has 11 heavy (non-hydrogen) atoms. The first kappa shape index (κ1) is 8.40. The van der Waals surface area contributed by atoms with Crippen molar-refractivity contribution in [3.63, 3.8) is 0 Å². The lowest BCUT2D eigenvalue weighted by molar-refractivity contribution is -0.146. The van der Waals surface area contributed by atoms with Crippen molar-refractivity contribution in [3.8, 4) is 0 Å². The SMILES string of the molecule is COC1C(=O)CCC(C)C1=O. The molecule has 0 N–H and O–H groups in total. The maximum Gasteiger partial charge on any atom is 0.173 e.